The number of amides is 1. The zero-order chi connectivity index (χ0) is 24.6. The van der Waals surface area contributed by atoms with E-state index in [0.717, 1.165) is 17.7 Å². The molecule has 12 heteroatoms. The maximum atomic E-state index is 12.9. The summed E-state index contributed by atoms with van der Waals surface area (Å²) in [5.74, 6) is -0.442. The van der Waals surface area contributed by atoms with Gasteiger partial charge in [-0.15, -0.1) is 0 Å². The lowest BCUT2D eigenvalue weighted by Crippen LogP contribution is -2.26. The highest BCUT2D eigenvalue weighted by Crippen LogP contribution is 2.35. The van der Waals surface area contributed by atoms with E-state index in [0.29, 0.717) is 24.1 Å². The molecule has 0 saturated heterocycles. The topological polar surface area (TPSA) is 145 Å². The van der Waals surface area contributed by atoms with E-state index in [2.05, 4.69) is 15.1 Å². The number of ether oxygens (including phenoxy) is 1. The zero-order valence-electron chi connectivity index (χ0n) is 18.7. The van der Waals surface area contributed by atoms with Crippen LogP contribution in [0.1, 0.15) is 34.5 Å². The number of hydrogen-bond acceptors (Lipinski definition) is 7. The Hall–Kier alpha value is -3.77. The number of nitrogens with one attached hydrogen (secondary N) is 2. The van der Waals surface area contributed by atoms with Crippen molar-refractivity contribution in [2.75, 3.05) is 5.32 Å². The van der Waals surface area contributed by atoms with Crippen molar-refractivity contribution in [3.63, 3.8) is 0 Å². The number of carbonyl (C=O) groups excluding carboxylic acids is 1. The molecule has 1 heterocycles. The molecule has 1 aliphatic carbocycles. The lowest BCUT2D eigenvalue weighted by molar-refractivity contribution is -0.385. The molecule has 11 nitrogen and oxygen atoms in total. The van der Waals surface area contributed by atoms with Gasteiger partial charge < -0.3 is 10.1 Å². The molecule has 1 amide bonds. The van der Waals surface area contributed by atoms with Gasteiger partial charge in [0.25, 0.3) is 11.6 Å². The number of carbonyl (C=O) groups is 1. The molecule has 1 aromatic heterocycles. The molecule has 0 bridgehead atoms. The van der Waals surface area contributed by atoms with Gasteiger partial charge in [0.15, 0.2) is 5.69 Å². The molecular formula is C22H23N5O6S. The Morgan fingerprint density at radius 2 is 1.94 bits per heavy atom. The number of nitro groups is 1. The Bertz CT molecular complexity index is 1390. The van der Waals surface area contributed by atoms with Gasteiger partial charge in [0.2, 0.25) is 15.9 Å². The second-order valence-electron chi connectivity index (χ2n) is 8.11. The van der Waals surface area contributed by atoms with Crippen molar-refractivity contribution in [2.24, 2.45) is 7.05 Å². The molecule has 2 N–H and O–H groups in total. The number of nitro benzene ring substituents is 1. The van der Waals surface area contributed by atoms with Gasteiger partial charge in [-0.1, -0.05) is 12.1 Å². The van der Waals surface area contributed by atoms with Crippen molar-refractivity contribution in [3.05, 3.63) is 69.4 Å². The summed E-state index contributed by atoms with van der Waals surface area (Å²) in [6.45, 7) is 3.52. The first-order valence-corrected chi connectivity index (χ1v) is 11.9. The first-order chi connectivity index (χ1) is 16.0. The highest BCUT2D eigenvalue weighted by Gasteiger charge is 2.32. The van der Waals surface area contributed by atoms with Gasteiger partial charge in [0.05, 0.1) is 4.92 Å². The van der Waals surface area contributed by atoms with E-state index in [1.807, 2.05) is 25.1 Å². The molecule has 1 aliphatic rings. The Labute approximate surface area is 195 Å². The van der Waals surface area contributed by atoms with Crippen molar-refractivity contribution < 1.29 is 22.9 Å². The molecule has 178 valence electrons. The summed E-state index contributed by atoms with van der Waals surface area (Å²) < 4.78 is 35.5. The molecule has 2 aromatic carbocycles. The first-order valence-electron chi connectivity index (χ1n) is 10.5. The summed E-state index contributed by atoms with van der Waals surface area (Å²) in [5.41, 5.74) is 1.67. The third kappa shape index (κ3) is 4.92. The van der Waals surface area contributed by atoms with Crippen molar-refractivity contribution in [3.8, 4) is 11.6 Å². The van der Waals surface area contributed by atoms with Crippen molar-refractivity contribution in [1.82, 2.24) is 14.5 Å². The monoisotopic (exact) mass is 485 g/mol. The molecule has 0 unspecified atom stereocenters. The lowest BCUT2D eigenvalue weighted by atomic mass is 10.2. The molecule has 0 radical (unpaired) electrons. The quantitative estimate of drug-likeness (QED) is 0.367. The van der Waals surface area contributed by atoms with Crippen LogP contribution in [-0.2, 0) is 17.1 Å². The summed E-state index contributed by atoms with van der Waals surface area (Å²) in [6, 6.07) is 10.4. The van der Waals surface area contributed by atoms with Crippen LogP contribution >= 0.6 is 0 Å². The number of rotatable bonds is 8. The Kier molecular flexibility index (Phi) is 6.11. The molecule has 1 fully saturated rings. The zero-order valence-corrected chi connectivity index (χ0v) is 19.5. The Morgan fingerprint density at radius 1 is 1.21 bits per heavy atom. The van der Waals surface area contributed by atoms with Gasteiger partial charge in [-0.3, -0.25) is 14.9 Å². The number of aromatic nitrogens is 2. The molecule has 34 heavy (non-hydrogen) atoms. The van der Waals surface area contributed by atoms with E-state index in [4.69, 9.17) is 4.74 Å². The van der Waals surface area contributed by atoms with E-state index < -0.39 is 20.9 Å². The number of sulfonamides is 1. The number of aryl methyl sites for hydroxylation is 2. The molecular weight excluding hydrogens is 462 g/mol. The minimum Gasteiger partial charge on any atom is -0.438 e. The van der Waals surface area contributed by atoms with Crippen LogP contribution in [0.5, 0.6) is 11.6 Å². The standard InChI is InChI=1S/C22H23N5O6S/c1-13-5-4-6-16(11-13)23-21(28)20-14(2)22(26(3)24-20)33-18-10-9-17(27(29)30)12-19(18)34(31,32)25-15-7-8-15/h4-6,9-12,15,25H,7-8H2,1-3H3,(H,23,28). The van der Waals surface area contributed by atoms with Gasteiger partial charge in [-0.2, -0.15) is 5.10 Å². The maximum Gasteiger partial charge on any atom is 0.276 e. The fourth-order valence-corrected chi connectivity index (χ4v) is 4.83. The number of anilines is 1. The summed E-state index contributed by atoms with van der Waals surface area (Å²) in [5, 5.41) is 18.2. The third-order valence-electron chi connectivity index (χ3n) is 5.24. The van der Waals surface area contributed by atoms with E-state index in [9.17, 15) is 23.3 Å². The summed E-state index contributed by atoms with van der Waals surface area (Å²) in [6.07, 6.45) is 1.40. The van der Waals surface area contributed by atoms with Crippen LogP contribution in [-0.4, -0.2) is 35.1 Å². The van der Waals surface area contributed by atoms with E-state index in [1.54, 1.807) is 20.0 Å². The largest absolute Gasteiger partial charge is 0.438 e. The van der Waals surface area contributed by atoms with Gasteiger partial charge in [0.1, 0.15) is 10.6 Å². The molecule has 4 rings (SSSR count). The summed E-state index contributed by atoms with van der Waals surface area (Å²) >= 11 is 0. The summed E-state index contributed by atoms with van der Waals surface area (Å²) in [7, 11) is -2.52. The Balaban J connectivity index is 1.67. The van der Waals surface area contributed by atoms with Gasteiger partial charge >= 0.3 is 0 Å². The molecule has 0 aliphatic heterocycles. The number of hydrogen-bond donors (Lipinski definition) is 2. The molecule has 0 atom stereocenters. The first kappa shape index (κ1) is 23.4. The van der Waals surface area contributed by atoms with Gasteiger partial charge in [0, 0.05) is 36.5 Å². The number of benzene rings is 2. The van der Waals surface area contributed by atoms with Crippen molar-refractivity contribution >= 4 is 27.3 Å². The average molecular weight is 486 g/mol. The fraction of sp³-hybridized carbons (Fsp3) is 0.273. The highest BCUT2D eigenvalue weighted by molar-refractivity contribution is 7.89. The molecule has 1 saturated carbocycles. The van der Waals surface area contributed by atoms with Crippen LogP contribution in [0.2, 0.25) is 0 Å². The number of non-ortho nitro benzene ring substituents is 1. The smallest absolute Gasteiger partial charge is 0.276 e. The van der Waals surface area contributed by atoms with Crippen LogP contribution in [0, 0.1) is 24.0 Å². The normalized spacial score (nSPS) is 13.5. The molecule has 3 aromatic rings. The van der Waals surface area contributed by atoms with Crippen LogP contribution in [0.25, 0.3) is 0 Å². The second-order valence-corrected chi connectivity index (χ2v) is 9.79. The predicted molar refractivity (Wildman–Crippen MR) is 124 cm³/mol. The van der Waals surface area contributed by atoms with Crippen LogP contribution in [0.3, 0.4) is 0 Å². The van der Waals surface area contributed by atoms with Crippen LogP contribution < -0.4 is 14.8 Å². The van der Waals surface area contributed by atoms with Gasteiger partial charge in [-0.05, 0) is 50.5 Å². The Morgan fingerprint density at radius 3 is 2.59 bits per heavy atom. The minimum atomic E-state index is -4.07. The van der Waals surface area contributed by atoms with Crippen molar-refractivity contribution in [2.45, 2.75) is 37.6 Å². The van der Waals surface area contributed by atoms with Gasteiger partial charge in [-0.25, -0.2) is 17.8 Å². The van der Waals surface area contributed by atoms with E-state index in [-0.39, 0.29) is 33.9 Å². The third-order valence-corrected chi connectivity index (χ3v) is 6.79. The maximum absolute atomic E-state index is 12.9. The predicted octanol–water partition coefficient (Wildman–Crippen LogP) is 3.43. The molecule has 0 spiro atoms. The average Bonchev–Trinajstić information content (AvgIpc) is 3.53. The van der Waals surface area contributed by atoms with E-state index in [1.165, 1.54) is 10.7 Å². The van der Waals surface area contributed by atoms with Crippen LogP contribution in [0.15, 0.2) is 47.4 Å². The highest BCUT2D eigenvalue weighted by atomic mass is 32.2. The van der Waals surface area contributed by atoms with Crippen molar-refractivity contribution in [1.29, 1.82) is 0 Å². The number of nitrogens with zero attached hydrogens (tertiary/aromatic N) is 3. The summed E-state index contributed by atoms with van der Waals surface area (Å²) in [4.78, 5) is 23.0. The lowest BCUT2D eigenvalue weighted by Gasteiger charge is -2.13. The fourth-order valence-electron chi connectivity index (χ4n) is 3.38. The second kappa shape index (κ2) is 8.88. The minimum absolute atomic E-state index is 0.0985. The van der Waals surface area contributed by atoms with Crippen LogP contribution in [0.4, 0.5) is 11.4 Å². The van der Waals surface area contributed by atoms with E-state index >= 15 is 0 Å². The SMILES string of the molecule is Cc1cccc(NC(=O)c2nn(C)c(Oc3ccc([N+](=O)[O-])cc3S(=O)(=O)NC3CC3)c2C)c1.